The minimum absolute atomic E-state index is 0.136. The molecule has 0 unspecified atom stereocenters. The molecule has 1 aromatic rings. The maximum absolute atomic E-state index is 8.83. The van der Waals surface area contributed by atoms with Gasteiger partial charge in [0.25, 0.3) is 0 Å². The monoisotopic (exact) mass is 249 g/mol. The van der Waals surface area contributed by atoms with Gasteiger partial charge in [-0.2, -0.15) is 0 Å². The third-order valence-corrected chi connectivity index (χ3v) is 3.05. The predicted octanol–water partition coefficient (Wildman–Crippen LogP) is 1.39. The van der Waals surface area contributed by atoms with Gasteiger partial charge in [0.15, 0.2) is 5.84 Å². The Morgan fingerprint density at radius 2 is 1.94 bits per heavy atom. The molecule has 98 valence electrons. The number of nitrogens with zero attached hydrogens (tertiary/aromatic N) is 2. The number of morpholine rings is 1. The van der Waals surface area contributed by atoms with Crippen molar-refractivity contribution in [2.24, 2.45) is 10.9 Å². The molecule has 5 heteroatoms. The summed E-state index contributed by atoms with van der Waals surface area (Å²) in [6, 6.07) is 7.67. The highest BCUT2D eigenvalue weighted by molar-refractivity contribution is 6.02. The Morgan fingerprint density at radius 3 is 2.56 bits per heavy atom. The van der Waals surface area contributed by atoms with Gasteiger partial charge in [-0.25, -0.2) is 0 Å². The van der Waals surface area contributed by atoms with E-state index in [0.717, 1.165) is 24.3 Å². The minimum Gasteiger partial charge on any atom is -0.409 e. The first kappa shape index (κ1) is 12.7. The molecule has 0 amide bonds. The maximum atomic E-state index is 8.83. The van der Waals surface area contributed by atoms with Crippen LogP contribution in [0.5, 0.6) is 0 Å². The molecule has 0 bridgehead atoms. The van der Waals surface area contributed by atoms with Crippen molar-refractivity contribution in [2.75, 3.05) is 18.0 Å². The van der Waals surface area contributed by atoms with Crippen molar-refractivity contribution in [3.8, 4) is 0 Å². The van der Waals surface area contributed by atoms with E-state index in [1.807, 2.05) is 24.3 Å². The number of benzene rings is 1. The van der Waals surface area contributed by atoms with Crippen LogP contribution in [0, 0.1) is 0 Å². The van der Waals surface area contributed by atoms with Gasteiger partial charge >= 0.3 is 0 Å². The Bertz CT molecular complexity index is 438. The molecule has 2 atom stereocenters. The van der Waals surface area contributed by atoms with Crippen LogP contribution in [-0.4, -0.2) is 36.3 Å². The molecule has 0 saturated carbocycles. The molecule has 0 radical (unpaired) electrons. The molecule has 1 aromatic carbocycles. The van der Waals surface area contributed by atoms with E-state index in [-0.39, 0.29) is 18.0 Å². The summed E-state index contributed by atoms with van der Waals surface area (Å²) in [5, 5.41) is 11.9. The molecule has 0 aliphatic carbocycles. The van der Waals surface area contributed by atoms with E-state index < -0.39 is 0 Å². The van der Waals surface area contributed by atoms with E-state index in [4.69, 9.17) is 15.7 Å². The van der Waals surface area contributed by atoms with Crippen molar-refractivity contribution >= 4 is 11.5 Å². The minimum atomic E-state index is 0.136. The lowest BCUT2D eigenvalue weighted by atomic mass is 10.1. The number of ether oxygens (including phenoxy) is 1. The Hall–Kier alpha value is -1.75. The number of nitrogens with two attached hydrogens (primary N) is 1. The van der Waals surface area contributed by atoms with Crippen LogP contribution in [0.3, 0.4) is 0 Å². The number of hydrogen-bond donors (Lipinski definition) is 2. The van der Waals surface area contributed by atoms with Crippen LogP contribution in [0.15, 0.2) is 29.4 Å². The Morgan fingerprint density at radius 1 is 1.33 bits per heavy atom. The average Bonchev–Trinajstić information content (AvgIpc) is 2.36. The molecule has 1 saturated heterocycles. The smallest absolute Gasteiger partial charge is 0.172 e. The molecule has 18 heavy (non-hydrogen) atoms. The van der Waals surface area contributed by atoms with Crippen molar-refractivity contribution in [3.63, 3.8) is 0 Å². The summed E-state index contributed by atoms with van der Waals surface area (Å²) >= 11 is 0. The Balaban J connectivity index is 2.32. The molecule has 3 N–H and O–H groups in total. The third kappa shape index (κ3) is 2.56. The fourth-order valence-corrected chi connectivity index (χ4v) is 2.39. The SMILES string of the molecule is C[C@@H]1CN(c2ccccc2/C(N)=N/O)C[C@H](C)O1. The van der Waals surface area contributed by atoms with Crippen LogP contribution in [0.1, 0.15) is 19.4 Å². The van der Waals surface area contributed by atoms with Gasteiger partial charge in [0.1, 0.15) is 0 Å². The second-order valence-electron chi connectivity index (χ2n) is 4.66. The van der Waals surface area contributed by atoms with Crippen LogP contribution >= 0.6 is 0 Å². The van der Waals surface area contributed by atoms with Crippen LogP contribution in [-0.2, 0) is 4.74 Å². The fraction of sp³-hybridized carbons (Fsp3) is 0.462. The van der Waals surface area contributed by atoms with Gasteiger partial charge < -0.3 is 20.6 Å². The molecule has 5 nitrogen and oxygen atoms in total. The summed E-state index contributed by atoms with van der Waals surface area (Å²) in [4.78, 5) is 2.21. The molecule has 1 heterocycles. The lowest BCUT2D eigenvalue weighted by molar-refractivity contribution is -0.00522. The molecule has 2 rings (SSSR count). The molecular formula is C13H19N3O2. The molecule has 1 fully saturated rings. The van der Waals surface area contributed by atoms with E-state index in [9.17, 15) is 0 Å². The Labute approximate surface area is 107 Å². The van der Waals surface area contributed by atoms with Crippen LogP contribution in [0.4, 0.5) is 5.69 Å². The average molecular weight is 249 g/mol. The number of oxime groups is 1. The summed E-state index contributed by atoms with van der Waals surface area (Å²) < 4.78 is 5.71. The number of anilines is 1. The van der Waals surface area contributed by atoms with Crippen molar-refractivity contribution in [2.45, 2.75) is 26.1 Å². The van der Waals surface area contributed by atoms with Gasteiger partial charge in [-0.3, -0.25) is 0 Å². The van der Waals surface area contributed by atoms with Gasteiger partial charge in [-0.1, -0.05) is 17.3 Å². The molecule has 0 spiro atoms. The Kier molecular flexibility index (Phi) is 3.72. The van der Waals surface area contributed by atoms with E-state index in [0.29, 0.717) is 0 Å². The maximum Gasteiger partial charge on any atom is 0.172 e. The zero-order valence-corrected chi connectivity index (χ0v) is 10.7. The number of rotatable bonds is 2. The highest BCUT2D eigenvalue weighted by Crippen LogP contribution is 2.24. The summed E-state index contributed by atoms with van der Waals surface area (Å²) in [6.45, 7) is 5.71. The topological polar surface area (TPSA) is 71.1 Å². The molecule has 1 aliphatic rings. The van der Waals surface area contributed by atoms with Gasteiger partial charge in [-0.05, 0) is 26.0 Å². The second-order valence-corrected chi connectivity index (χ2v) is 4.66. The quantitative estimate of drug-likeness (QED) is 0.360. The van der Waals surface area contributed by atoms with Crippen molar-refractivity contribution < 1.29 is 9.94 Å². The predicted molar refractivity (Wildman–Crippen MR) is 71.2 cm³/mol. The standard InChI is InChI=1S/C13H19N3O2/c1-9-7-16(8-10(2)18-9)12-6-4-3-5-11(12)13(14)15-17/h3-6,9-10,17H,7-8H2,1-2H3,(H2,14,15)/t9-,10+. The zero-order valence-electron chi connectivity index (χ0n) is 10.7. The van der Waals surface area contributed by atoms with Crippen molar-refractivity contribution in [1.29, 1.82) is 0 Å². The summed E-state index contributed by atoms with van der Waals surface area (Å²) in [5.74, 6) is 0.136. The largest absolute Gasteiger partial charge is 0.409 e. The fourth-order valence-electron chi connectivity index (χ4n) is 2.39. The van der Waals surface area contributed by atoms with Crippen LogP contribution in [0.2, 0.25) is 0 Å². The first-order valence-corrected chi connectivity index (χ1v) is 6.09. The second kappa shape index (κ2) is 5.27. The van der Waals surface area contributed by atoms with E-state index >= 15 is 0 Å². The zero-order chi connectivity index (χ0) is 13.1. The lowest BCUT2D eigenvalue weighted by Gasteiger charge is -2.37. The molecular weight excluding hydrogens is 230 g/mol. The van der Waals surface area contributed by atoms with Gasteiger partial charge in [0.2, 0.25) is 0 Å². The number of hydrogen-bond acceptors (Lipinski definition) is 4. The number of amidine groups is 1. The highest BCUT2D eigenvalue weighted by atomic mass is 16.5. The van der Waals surface area contributed by atoms with Crippen LogP contribution < -0.4 is 10.6 Å². The van der Waals surface area contributed by atoms with Gasteiger partial charge in [0, 0.05) is 24.3 Å². The first-order chi connectivity index (χ1) is 8.61. The molecule has 0 aromatic heterocycles. The number of para-hydroxylation sites is 1. The van der Waals surface area contributed by atoms with E-state index in [1.165, 1.54) is 0 Å². The lowest BCUT2D eigenvalue weighted by Crippen LogP contribution is -2.46. The summed E-state index contributed by atoms with van der Waals surface area (Å²) in [7, 11) is 0. The highest BCUT2D eigenvalue weighted by Gasteiger charge is 2.24. The normalized spacial score (nSPS) is 25.2. The van der Waals surface area contributed by atoms with E-state index in [2.05, 4.69) is 23.9 Å². The third-order valence-electron chi connectivity index (χ3n) is 3.05. The van der Waals surface area contributed by atoms with E-state index in [1.54, 1.807) is 0 Å². The first-order valence-electron chi connectivity index (χ1n) is 6.09. The molecule has 1 aliphatic heterocycles. The van der Waals surface area contributed by atoms with Gasteiger partial charge in [-0.15, -0.1) is 0 Å². The van der Waals surface area contributed by atoms with Crippen molar-refractivity contribution in [3.05, 3.63) is 29.8 Å². The van der Waals surface area contributed by atoms with Crippen LogP contribution in [0.25, 0.3) is 0 Å². The summed E-state index contributed by atoms with van der Waals surface area (Å²) in [5.41, 5.74) is 7.45. The van der Waals surface area contributed by atoms with Crippen molar-refractivity contribution in [1.82, 2.24) is 0 Å². The summed E-state index contributed by atoms with van der Waals surface area (Å²) in [6.07, 6.45) is 0.350. The van der Waals surface area contributed by atoms with Gasteiger partial charge in [0.05, 0.1) is 12.2 Å².